The van der Waals surface area contributed by atoms with Crippen LogP contribution in [0.3, 0.4) is 0 Å². The predicted molar refractivity (Wildman–Crippen MR) is 207 cm³/mol. The molecule has 10 rings (SSSR count). The van der Waals surface area contributed by atoms with E-state index in [1.54, 1.807) is 18.2 Å². The van der Waals surface area contributed by atoms with Crippen LogP contribution < -0.4 is 10.2 Å². The van der Waals surface area contributed by atoms with Gasteiger partial charge in [0.05, 0.1) is 29.6 Å². The molecule has 2 fully saturated rings. The molecule has 1 saturated carbocycles. The van der Waals surface area contributed by atoms with E-state index in [-0.39, 0.29) is 35.5 Å². The fourth-order valence-corrected chi connectivity index (χ4v) is 9.84. The number of fused-ring (bicyclic) bond motifs is 5. The Morgan fingerprint density at radius 2 is 1.67 bits per heavy atom. The summed E-state index contributed by atoms with van der Waals surface area (Å²) in [6.45, 7) is 1.77. The average molecular weight is 847 g/mol. The first kappa shape index (κ1) is 38.5. The molecule has 0 spiro atoms. The second-order valence-electron chi connectivity index (χ2n) is 15.6. The normalized spacial score (nSPS) is 19.6. The molecule has 3 aliphatic carbocycles. The number of alkyl halides is 5. The van der Waals surface area contributed by atoms with Crippen LogP contribution in [0, 0.1) is 17.6 Å². The highest BCUT2D eigenvalue weighted by Crippen LogP contribution is 2.68. The average Bonchev–Trinajstić information content (AvgIpc) is 3.44. The number of nitrogens with zero attached hydrogens (tertiary/aromatic N) is 5. The lowest BCUT2D eigenvalue weighted by molar-refractivity contribution is -0.142. The summed E-state index contributed by atoms with van der Waals surface area (Å²) in [6.07, 6.45) is -4.52. The molecule has 4 heterocycles. The van der Waals surface area contributed by atoms with Crippen LogP contribution in [-0.2, 0) is 41.0 Å². The second kappa shape index (κ2) is 14.2. The number of aryl methyl sites for hydroxylation is 1. The Labute approximate surface area is 341 Å². The van der Waals surface area contributed by atoms with E-state index in [9.17, 15) is 31.5 Å². The summed E-state index contributed by atoms with van der Waals surface area (Å²) in [5.74, 6) is -8.79. The van der Waals surface area contributed by atoms with Gasteiger partial charge in [-0.05, 0) is 90.4 Å². The van der Waals surface area contributed by atoms with Crippen LogP contribution in [0.1, 0.15) is 68.9 Å². The van der Waals surface area contributed by atoms with Crippen LogP contribution in [-0.4, -0.2) is 57.7 Å². The monoisotopic (exact) mass is 846 g/mol. The highest BCUT2D eigenvalue weighted by molar-refractivity contribution is 7.21. The van der Waals surface area contributed by atoms with Crippen LogP contribution >= 0.6 is 11.3 Å². The zero-order valence-corrected chi connectivity index (χ0v) is 32.3. The maximum absolute atomic E-state index is 15.4. The zero-order chi connectivity index (χ0) is 41.7. The maximum Gasteiger partial charge on any atom is 0.435 e. The van der Waals surface area contributed by atoms with Gasteiger partial charge >= 0.3 is 6.18 Å². The number of carbonyl (C=O) groups excluding carboxylic acids is 2. The summed E-state index contributed by atoms with van der Waals surface area (Å²) in [5.41, 5.74) is 1.75. The van der Waals surface area contributed by atoms with Crippen LogP contribution in [0.2, 0.25) is 0 Å². The number of hydrogen-bond donors (Lipinski definition) is 1. The van der Waals surface area contributed by atoms with Gasteiger partial charge in [-0.15, -0.1) is 11.3 Å². The Bertz CT molecular complexity index is 2710. The molecule has 0 unspecified atom stereocenters. The predicted octanol–water partition coefficient (Wildman–Crippen LogP) is 8.79. The van der Waals surface area contributed by atoms with Gasteiger partial charge in [0, 0.05) is 59.4 Å². The van der Waals surface area contributed by atoms with E-state index < -0.39 is 71.0 Å². The lowest BCUT2D eigenvalue weighted by atomic mass is 9.93. The molecule has 4 aliphatic rings. The number of hydrogen-bond acceptors (Lipinski definition) is 8. The number of pyridine rings is 1. The van der Waals surface area contributed by atoms with Crippen LogP contribution in [0.25, 0.3) is 32.0 Å². The first-order chi connectivity index (χ1) is 28.7. The molecular formula is C43H33F7N6O3S. The Balaban J connectivity index is 1.07. The summed E-state index contributed by atoms with van der Waals surface area (Å²) in [5, 5.41) is 6.86. The van der Waals surface area contributed by atoms with Gasteiger partial charge in [-0.1, -0.05) is 12.1 Å². The van der Waals surface area contributed by atoms with Crippen molar-refractivity contribution in [3.63, 3.8) is 0 Å². The van der Waals surface area contributed by atoms with Gasteiger partial charge in [0.15, 0.2) is 17.1 Å². The number of amides is 1. The molecule has 0 bridgehead atoms. The number of benzene rings is 3. The van der Waals surface area contributed by atoms with Crippen LogP contribution in [0.4, 0.5) is 36.4 Å². The summed E-state index contributed by atoms with van der Waals surface area (Å²) in [7, 11) is 0. The van der Waals surface area contributed by atoms with E-state index in [0.29, 0.717) is 63.2 Å². The zero-order valence-electron chi connectivity index (χ0n) is 31.5. The minimum absolute atomic E-state index is 0.0532. The molecule has 308 valence electrons. The van der Waals surface area contributed by atoms with E-state index >= 15 is 8.78 Å². The van der Waals surface area contributed by atoms with Crippen molar-refractivity contribution in [3.8, 4) is 21.7 Å². The van der Waals surface area contributed by atoms with Crippen molar-refractivity contribution >= 4 is 39.1 Å². The molecule has 9 nitrogen and oxygen atoms in total. The van der Waals surface area contributed by atoms with Crippen LogP contribution in [0.5, 0.6) is 0 Å². The molecule has 3 aromatic heterocycles. The molecule has 3 aromatic carbocycles. The molecule has 3 atom stereocenters. The van der Waals surface area contributed by atoms with Crippen molar-refractivity contribution in [1.82, 2.24) is 25.1 Å². The minimum Gasteiger partial charge on any atom is -0.378 e. The molecule has 17 heteroatoms. The number of carbonyl (C=O) groups is 2. The molecule has 1 saturated heterocycles. The number of halogens is 7. The lowest BCUT2D eigenvalue weighted by Crippen LogP contribution is -2.36. The van der Waals surface area contributed by atoms with Gasteiger partial charge in [-0.25, -0.2) is 18.7 Å². The summed E-state index contributed by atoms with van der Waals surface area (Å²) < 4.78 is 109. The molecule has 6 aromatic rings. The van der Waals surface area contributed by atoms with Crippen molar-refractivity contribution in [1.29, 1.82) is 0 Å². The van der Waals surface area contributed by atoms with E-state index in [1.165, 1.54) is 11.3 Å². The Morgan fingerprint density at radius 1 is 0.933 bits per heavy atom. The summed E-state index contributed by atoms with van der Waals surface area (Å²) >= 11 is 1.35. The SMILES string of the molecule is O=C(Cn1nc(C(F)(F)F)c2c1C(F)(F)[C@@H]1C[C@H]21)N[C@@H](Cc1cc(F)cc(F)c1)c1nc2nc(-c3ccc(N4CCOCC4)cc3)sc2cc1-c1ccc2c(c1)C(=O)CC2. The Hall–Kier alpha value is -5.68. The molecule has 1 N–H and O–H groups in total. The third-order valence-electron chi connectivity index (χ3n) is 11.8. The lowest BCUT2D eigenvalue weighted by Gasteiger charge is -2.28. The Kier molecular flexibility index (Phi) is 9.13. The quantitative estimate of drug-likeness (QED) is 0.145. The minimum atomic E-state index is -5.04. The molecule has 60 heavy (non-hydrogen) atoms. The fraction of sp³-hybridized carbons (Fsp3) is 0.326. The standard InChI is InChI=1S/C43H33F7N6O3S/c44-25-13-21(14-26(45)17-25)15-32(51-35(58)20-56-39-36(38(54-56)43(48,49)50)30-18-31(30)42(39,46)47)37-29(24-2-1-22-5-8-33(57)28(22)16-24)19-34-40(52-37)53-41(60-34)23-3-6-27(7-4-23)55-9-11-59-12-10-55/h1-4,6-7,13-14,16-17,19,30-32H,5,8-12,15,18,20H2,(H,51,58)/t30-,31+,32-/m0/s1. The molecule has 0 radical (unpaired) electrons. The Morgan fingerprint density at radius 3 is 2.40 bits per heavy atom. The van der Waals surface area contributed by atoms with Gasteiger partial charge in [-0.3, -0.25) is 14.3 Å². The van der Waals surface area contributed by atoms with Crippen molar-refractivity contribution in [2.75, 3.05) is 31.2 Å². The van der Waals surface area contributed by atoms with Gasteiger partial charge < -0.3 is 15.0 Å². The number of ether oxygens (including phenoxy) is 1. The first-order valence-corrected chi connectivity index (χ1v) is 20.2. The summed E-state index contributed by atoms with van der Waals surface area (Å²) in [4.78, 5) is 38.9. The third-order valence-corrected chi connectivity index (χ3v) is 12.8. The fourth-order valence-electron chi connectivity index (χ4n) is 8.89. The number of thiazole rings is 1. The second-order valence-corrected chi connectivity index (χ2v) is 16.7. The summed E-state index contributed by atoms with van der Waals surface area (Å²) in [6, 6.07) is 16.6. The maximum atomic E-state index is 15.4. The van der Waals surface area contributed by atoms with Crippen molar-refractivity contribution in [2.45, 2.75) is 56.3 Å². The van der Waals surface area contributed by atoms with Gasteiger partial charge in [0.2, 0.25) is 5.91 Å². The number of rotatable bonds is 9. The number of anilines is 1. The number of morpholine rings is 1. The first-order valence-electron chi connectivity index (χ1n) is 19.4. The topological polar surface area (TPSA) is 102 Å². The molecular weight excluding hydrogens is 814 g/mol. The molecule has 1 amide bonds. The van der Waals surface area contributed by atoms with Crippen LogP contribution in [0.15, 0.2) is 66.7 Å². The van der Waals surface area contributed by atoms with Gasteiger partial charge in [-0.2, -0.15) is 27.1 Å². The third kappa shape index (κ3) is 6.80. The van der Waals surface area contributed by atoms with Crippen molar-refractivity contribution in [2.24, 2.45) is 5.92 Å². The van der Waals surface area contributed by atoms with Crippen molar-refractivity contribution < 1.29 is 45.1 Å². The van der Waals surface area contributed by atoms with Gasteiger partial charge in [0.25, 0.3) is 5.92 Å². The number of aromatic nitrogens is 4. The van der Waals surface area contributed by atoms with E-state index in [4.69, 9.17) is 14.7 Å². The van der Waals surface area contributed by atoms with E-state index in [2.05, 4.69) is 15.3 Å². The van der Waals surface area contributed by atoms with Gasteiger partial charge in [0.1, 0.15) is 28.9 Å². The number of nitrogens with one attached hydrogen (secondary N) is 1. The number of Topliss-reactive ketones (excluding diaryl/α,β-unsaturated/α-hetero) is 1. The van der Waals surface area contributed by atoms with E-state index in [1.807, 2.05) is 30.3 Å². The van der Waals surface area contributed by atoms with Crippen molar-refractivity contribution in [3.05, 3.63) is 118 Å². The van der Waals surface area contributed by atoms with E-state index in [0.717, 1.165) is 42.0 Å². The smallest absolute Gasteiger partial charge is 0.378 e. The molecule has 1 aliphatic heterocycles. The number of ketones is 1. The highest BCUT2D eigenvalue weighted by Gasteiger charge is 2.68. The largest absolute Gasteiger partial charge is 0.435 e. The highest BCUT2D eigenvalue weighted by atomic mass is 32.1.